The van der Waals surface area contributed by atoms with Gasteiger partial charge in [-0.1, -0.05) is 96.1 Å². The molecule has 0 aromatic heterocycles. The highest BCUT2D eigenvalue weighted by molar-refractivity contribution is 5.50. The van der Waals surface area contributed by atoms with Gasteiger partial charge in [-0.25, -0.2) is 0 Å². The van der Waals surface area contributed by atoms with Crippen LogP contribution < -0.4 is 4.74 Å². The number of unbranched alkanes of at least 4 members (excludes halogenated alkanes) is 12. The summed E-state index contributed by atoms with van der Waals surface area (Å²) in [4.78, 5) is 0. The zero-order chi connectivity index (χ0) is 22.9. The molecular formula is C29H38N2O. The van der Waals surface area contributed by atoms with Gasteiger partial charge in [0, 0.05) is 0 Å². The number of nitrogens with zero attached hydrogens (tertiary/aromatic N) is 2. The Hall–Kier alpha value is -2.78. The molecule has 0 atom stereocenters. The van der Waals surface area contributed by atoms with Gasteiger partial charge < -0.3 is 4.74 Å². The number of rotatable bonds is 16. The predicted octanol–water partition coefficient (Wildman–Crippen LogP) is 8.86. The SMILES string of the molecule is CCCCCCCCCCCCCCCc1cccc(Oc2ccc(C#N)c(C#N)c2)c1. The predicted molar refractivity (Wildman–Crippen MR) is 132 cm³/mol. The molecular weight excluding hydrogens is 392 g/mol. The molecule has 0 spiro atoms. The molecule has 2 aromatic carbocycles. The Kier molecular flexibility index (Phi) is 12.7. The van der Waals surface area contributed by atoms with Gasteiger partial charge in [0.15, 0.2) is 0 Å². The van der Waals surface area contributed by atoms with E-state index < -0.39 is 0 Å². The molecule has 0 aliphatic carbocycles. The summed E-state index contributed by atoms with van der Waals surface area (Å²) in [7, 11) is 0. The zero-order valence-corrected chi connectivity index (χ0v) is 19.7. The van der Waals surface area contributed by atoms with Gasteiger partial charge in [-0.2, -0.15) is 10.5 Å². The third-order valence-corrected chi connectivity index (χ3v) is 5.94. The Balaban J connectivity index is 1.60. The van der Waals surface area contributed by atoms with Crippen LogP contribution in [0.15, 0.2) is 42.5 Å². The molecule has 0 unspecified atom stereocenters. The summed E-state index contributed by atoms with van der Waals surface area (Å²) in [5.74, 6) is 1.35. The highest BCUT2D eigenvalue weighted by Crippen LogP contribution is 2.25. The van der Waals surface area contributed by atoms with Crippen molar-refractivity contribution in [2.24, 2.45) is 0 Å². The third-order valence-electron chi connectivity index (χ3n) is 5.94. The summed E-state index contributed by atoms with van der Waals surface area (Å²) in [5.41, 5.74) is 1.99. The molecule has 0 aliphatic heterocycles. The van der Waals surface area contributed by atoms with Crippen LogP contribution in [0, 0.1) is 22.7 Å². The van der Waals surface area contributed by atoms with Crippen molar-refractivity contribution in [3.63, 3.8) is 0 Å². The number of ether oxygens (including phenoxy) is 1. The molecule has 0 radical (unpaired) electrons. The van der Waals surface area contributed by atoms with Crippen molar-refractivity contribution in [3.05, 3.63) is 59.2 Å². The molecule has 3 nitrogen and oxygen atoms in total. The van der Waals surface area contributed by atoms with Crippen LogP contribution in [0.1, 0.15) is 107 Å². The first kappa shape index (κ1) is 25.5. The van der Waals surface area contributed by atoms with Gasteiger partial charge in [0.1, 0.15) is 23.6 Å². The Labute approximate surface area is 195 Å². The maximum absolute atomic E-state index is 9.18. The second-order valence-corrected chi connectivity index (χ2v) is 8.67. The largest absolute Gasteiger partial charge is 0.457 e. The summed E-state index contributed by atoms with van der Waals surface area (Å²) >= 11 is 0. The first-order chi connectivity index (χ1) is 15.8. The molecule has 0 fully saturated rings. The molecule has 0 amide bonds. The quantitative estimate of drug-likeness (QED) is 0.250. The van der Waals surface area contributed by atoms with Crippen LogP contribution in [-0.2, 0) is 6.42 Å². The van der Waals surface area contributed by atoms with Crippen molar-refractivity contribution in [3.8, 4) is 23.6 Å². The zero-order valence-electron chi connectivity index (χ0n) is 19.7. The first-order valence-corrected chi connectivity index (χ1v) is 12.5. The van der Waals surface area contributed by atoms with Crippen molar-refractivity contribution in [1.29, 1.82) is 10.5 Å². The van der Waals surface area contributed by atoms with Gasteiger partial charge in [-0.3, -0.25) is 0 Å². The van der Waals surface area contributed by atoms with E-state index in [-0.39, 0.29) is 0 Å². The fraction of sp³-hybridized carbons (Fsp3) is 0.517. The fourth-order valence-corrected chi connectivity index (χ4v) is 4.02. The van der Waals surface area contributed by atoms with Crippen LogP contribution in [0.4, 0.5) is 0 Å². The Morgan fingerprint density at radius 1 is 0.625 bits per heavy atom. The molecule has 2 aromatic rings. The van der Waals surface area contributed by atoms with Gasteiger partial charge in [-0.05, 0) is 48.7 Å². The Morgan fingerprint density at radius 2 is 1.19 bits per heavy atom. The lowest BCUT2D eigenvalue weighted by Crippen LogP contribution is -1.91. The van der Waals surface area contributed by atoms with Gasteiger partial charge in [0.05, 0.1) is 11.1 Å². The van der Waals surface area contributed by atoms with Gasteiger partial charge in [0.25, 0.3) is 0 Å². The summed E-state index contributed by atoms with van der Waals surface area (Å²) < 4.78 is 5.92. The Morgan fingerprint density at radius 3 is 1.78 bits per heavy atom. The van der Waals surface area contributed by atoms with Crippen LogP contribution in [0.3, 0.4) is 0 Å². The topological polar surface area (TPSA) is 56.8 Å². The summed E-state index contributed by atoms with van der Waals surface area (Å²) in [6, 6.07) is 17.2. The number of hydrogen-bond acceptors (Lipinski definition) is 3. The first-order valence-electron chi connectivity index (χ1n) is 12.5. The smallest absolute Gasteiger partial charge is 0.128 e. The van der Waals surface area contributed by atoms with Crippen molar-refractivity contribution in [1.82, 2.24) is 0 Å². The highest BCUT2D eigenvalue weighted by Gasteiger charge is 2.05. The van der Waals surface area contributed by atoms with E-state index in [9.17, 15) is 5.26 Å². The normalized spacial score (nSPS) is 10.5. The lowest BCUT2D eigenvalue weighted by atomic mass is 10.0. The molecule has 3 heteroatoms. The van der Waals surface area contributed by atoms with E-state index in [0.29, 0.717) is 16.9 Å². The van der Waals surface area contributed by atoms with E-state index in [2.05, 4.69) is 19.1 Å². The molecule has 0 N–H and O–H groups in total. The van der Waals surface area contributed by atoms with Gasteiger partial charge in [-0.15, -0.1) is 0 Å². The van der Waals surface area contributed by atoms with E-state index in [1.165, 1.54) is 89.0 Å². The van der Waals surface area contributed by atoms with E-state index in [4.69, 9.17) is 10.00 Å². The lowest BCUT2D eigenvalue weighted by molar-refractivity contribution is 0.481. The molecule has 0 aliphatic rings. The molecule has 0 bridgehead atoms. The van der Waals surface area contributed by atoms with E-state index in [0.717, 1.165) is 12.2 Å². The van der Waals surface area contributed by atoms with Crippen molar-refractivity contribution >= 4 is 0 Å². The average molecular weight is 431 g/mol. The molecule has 0 saturated carbocycles. The molecule has 0 saturated heterocycles. The van der Waals surface area contributed by atoms with Crippen molar-refractivity contribution in [2.75, 3.05) is 0 Å². The third kappa shape index (κ3) is 10.0. The lowest BCUT2D eigenvalue weighted by Gasteiger charge is -2.09. The van der Waals surface area contributed by atoms with Crippen LogP contribution >= 0.6 is 0 Å². The number of hydrogen-bond donors (Lipinski definition) is 0. The number of aryl methyl sites for hydroxylation is 1. The maximum atomic E-state index is 9.18. The average Bonchev–Trinajstić information content (AvgIpc) is 2.82. The minimum Gasteiger partial charge on any atom is -0.457 e. The minimum atomic E-state index is 0.341. The molecule has 32 heavy (non-hydrogen) atoms. The summed E-state index contributed by atoms with van der Waals surface area (Å²) in [5, 5.41) is 18.2. The van der Waals surface area contributed by atoms with Crippen molar-refractivity contribution in [2.45, 2.75) is 96.8 Å². The summed E-state index contributed by atoms with van der Waals surface area (Å²) in [6.45, 7) is 2.28. The Bertz CT molecular complexity index is 875. The van der Waals surface area contributed by atoms with E-state index in [1.54, 1.807) is 18.2 Å². The maximum Gasteiger partial charge on any atom is 0.128 e. The number of nitriles is 2. The van der Waals surface area contributed by atoms with Crippen LogP contribution in [0.2, 0.25) is 0 Å². The summed E-state index contributed by atoms with van der Waals surface area (Å²) in [6.07, 6.45) is 18.9. The van der Waals surface area contributed by atoms with Crippen LogP contribution in [-0.4, -0.2) is 0 Å². The molecule has 2 rings (SSSR count). The highest BCUT2D eigenvalue weighted by atomic mass is 16.5. The second kappa shape index (κ2) is 15.9. The minimum absolute atomic E-state index is 0.341. The van der Waals surface area contributed by atoms with Gasteiger partial charge in [0.2, 0.25) is 0 Å². The van der Waals surface area contributed by atoms with E-state index >= 15 is 0 Å². The monoisotopic (exact) mass is 430 g/mol. The van der Waals surface area contributed by atoms with Crippen LogP contribution in [0.25, 0.3) is 0 Å². The van der Waals surface area contributed by atoms with Crippen molar-refractivity contribution < 1.29 is 4.74 Å². The number of benzene rings is 2. The molecule has 0 heterocycles. The standard InChI is InChI=1S/C29H38N2O/c1-2-3-4-5-6-7-8-9-10-11-12-13-14-16-25-17-15-18-28(21-25)32-29-20-19-26(23-30)27(22-29)24-31/h15,17-22H,2-14,16H2,1H3. The second-order valence-electron chi connectivity index (χ2n) is 8.67. The van der Waals surface area contributed by atoms with Gasteiger partial charge >= 0.3 is 0 Å². The van der Waals surface area contributed by atoms with Crippen LogP contribution in [0.5, 0.6) is 11.5 Å². The fourth-order valence-electron chi connectivity index (χ4n) is 4.02. The van der Waals surface area contributed by atoms with E-state index in [1.807, 2.05) is 24.3 Å². The molecule has 170 valence electrons.